The molecule has 2 aromatic heterocycles. The Morgan fingerprint density at radius 3 is 2.69 bits per heavy atom. The van der Waals surface area contributed by atoms with E-state index in [-0.39, 0.29) is 0 Å². The maximum Gasteiger partial charge on any atom is 0.235 e. The summed E-state index contributed by atoms with van der Waals surface area (Å²) in [7, 11) is 0. The largest absolute Gasteiger partial charge is 0.279 e. The number of halogens is 1. The molecular weight excluding hydrogens is 222 g/mol. The number of benzene rings is 1. The third-order valence-corrected chi connectivity index (χ3v) is 3.33. The fourth-order valence-electron chi connectivity index (χ4n) is 1.98. The highest BCUT2D eigenvalue weighted by molar-refractivity contribution is 6.31. The molecule has 3 aromatic rings. The number of hydrogen-bond donors (Lipinski definition) is 0. The van der Waals surface area contributed by atoms with Crippen molar-refractivity contribution in [1.82, 2.24) is 14.4 Å². The van der Waals surface area contributed by atoms with Crippen molar-refractivity contribution in [3.8, 4) is 0 Å². The number of para-hydroxylation sites is 2. The van der Waals surface area contributed by atoms with Crippen LogP contribution in [-0.4, -0.2) is 14.4 Å². The summed E-state index contributed by atoms with van der Waals surface area (Å²) in [4.78, 5) is 8.86. The molecule has 0 saturated heterocycles. The molecule has 0 aliphatic heterocycles. The lowest BCUT2D eigenvalue weighted by atomic mass is 10.3. The molecule has 0 fully saturated rings. The van der Waals surface area contributed by atoms with Crippen LogP contribution in [0, 0.1) is 13.8 Å². The molecule has 0 atom stereocenters. The lowest BCUT2D eigenvalue weighted by Gasteiger charge is -2.05. The van der Waals surface area contributed by atoms with E-state index >= 15 is 0 Å². The lowest BCUT2D eigenvalue weighted by Crippen LogP contribution is -1.98. The third kappa shape index (κ3) is 1.15. The molecule has 0 aliphatic rings. The first kappa shape index (κ1) is 9.60. The molecule has 4 heteroatoms. The van der Waals surface area contributed by atoms with Crippen LogP contribution in [0.25, 0.3) is 16.8 Å². The van der Waals surface area contributed by atoms with Gasteiger partial charge in [0.1, 0.15) is 0 Å². The second-order valence-electron chi connectivity index (χ2n) is 3.83. The van der Waals surface area contributed by atoms with Crippen LogP contribution >= 0.6 is 11.6 Å². The Hall–Kier alpha value is -1.61. The van der Waals surface area contributed by atoms with Gasteiger partial charge < -0.3 is 0 Å². The van der Waals surface area contributed by atoms with Crippen molar-refractivity contribution in [1.29, 1.82) is 0 Å². The highest BCUT2D eigenvalue weighted by Crippen LogP contribution is 2.23. The van der Waals surface area contributed by atoms with Crippen molar-refractivity contribution in [3.05, 3.63) is 40.7 Å². The Kier molecular flexibility index (Phi) is 1.91. The molecule has 3 nitrogen and oxygen atoms in total. The third-order valence-electron chi connectivity index (χ3n) is 2.78. The number of aromatic nitrogens is 3. The molecule has 0 saturated carbocycles. The van der Waals surface area contributed by atoms with E-state index in [1.807, 2.05) is 42.5 Å². The number of aryl methyl sites for hydroxylation is 2. The van der Waals surface area contributed by atoms with Crippen LogP contribution in [0.4, 0.5) is 0 Å². The Morgan fingerprint density at radius 2 is 1.88 bits per heavy atom. The molecule has 0 spiro atoms. The highest BCUT2D eigenvalue weighted by atomic mass is 35.5. The smallest absolute Gasteiger partial charge is 0.235 e. The van der Waals surface area contributed by atoms with Crippen LogP contribution in [0.1, 0.15) is 11.4 Å². The maximum absolute atomic E-state index is 6.20. The van der Waals surface area contributed by atoms with E-state index in [0.29, 0.717) is 10.8 Å². The fraction of sp³-hybridized carbons (Fsp3) is 0.167. The number of nitrogens with zero attached hydrogens (tertiary/aromatic N) is 3. The van der Waals surface area contributed by atoms with Gasteiger partial charge in [-0.1, -0.05) is 23.7 Å². The molecule has 2 heterocycles. The van der Waals surface area contributed by atoms with Crippen molar-refractivity contribution >= 4 is 28.4 Å². The van der Waals surface area contributed by atoms with Crippen molar-refractivity contribution in [2.24, 2.45) is 0 Å². The van der Waals surface area contributed by atoms with Crippen molar-refractivity contribution in [2.75, 3.05) is 0 Å². The molecule has 16 heavy (non-hydrogen) atoms. The summed E-state index contributed by atoms with van der Waals surface area (Å²) < 4.78 is 1.99. The van der Waals surface area contributed by atoms with Gasteiger partial charge in [0.25, 0.3) is 0 Å². The Morgan fingerprint density at radius 1 is 1.12 bits per heavy atom. The first-order valence-electron chi connectivity index (χ1n) is 5.08. The van der Waals surface area contributed by atoms with Gasteiger partial charge in [0.2, 0.25) is 5.78 Å². The standard InChI is InChI=1S/C12H10ClN3/c1-7-11(13)8(2)16-10-6-4-3-5-9(10)15-12(16)14-7/h3-6H,1-2H3. The number of imidazole rings is 1. The van der Waals surface area contributed by atoms with Crippen LogP contribution in [0.15, 0.2) is 24.3 Å². The second kappa shape index (κ2) is 3.19. The number of fused-ring (bicyclic) bond motifs is 3. The minimum atomic E-state index is 0.704. The summed E-state index contributed by atoms with van der Waals surface area (Å²) >= 11 is 6.20. The van der Waals surface area contributed by atoms with Crippen molar-refractivity contribution < 1.29 is 0 Å². The van der Waals surface area contributed by atoms with Crippen LogP contribution in [0.5, 0.6) is 0 Å². The van der Waals surface area contributed by atoms with Gasteiger partial charge in [0, 0.05) is 5.69 Å². The molecule has 0 unspecified atom stereocenters. The zero-order valence-corrected chi connectivity index (χ0v) is 9.78. The van der Waals surface area contributed by atoms with Gasteiger partial charge in [-0.05, 0) is 26.0 Å². The summed E-state index contributed by atoms with van der Waals surface area (Å²) in [5, 5.41) is 0.704. The maximum atomic E-state index is 6.20. The molecule has 0 amide bonds. The molecule has 3 rings (SSSR count). The SMILES string of the molecule is Cc1nc2nc3ccccc3n2c(C)c1Cl. The van der Waals surface area contributed by atoms with Gasteiger partial charge in [-0.3, -0.25) is 4.40 Å². The average Bonchev–Trinajstić information content (AvgIpc) is 2.64. The average molecular weight is 232 g/mol. The molecule has 0 aliphatic carbocycles. The monoisotopic (exact) mass is 231 g/mol. The molecule has 1 aromatic carbocycles. The molecule has 0 radical (unpaired) electrons. The van der Waals surface area contributed by atoms with Gasteiger partial charge in [-0.25, -0.2) is 9.97 Å². The van der Waals surface area contributed by atoms with Gasteiger partial charge in [-0.15, -0.1) is 0 Å². The molecule has 80 valence electrons. The molecule has 0 N–H and O–H groups in total. The normalized spacial score (nSPS) is 11.4. The van der Waals surface area contributed by atoms with Crippen LogP contribution < -0.4 is 0 Å². The van der Waals surface area contributed by atoms with E-state index in [0.717, 1.165) is 22.4 Å². The van der Waals surface area contributed by atoms with Gasteiger partial charge in [-0.2, -0.15) is 0 Å². The summed E-state index contributed by atoms with van der Waals surface area (Å²) in [5.41, 5.74) is 3.80. The summed E-state index contributed by atoms with van der Waals surface area (Å²) in [6.45, 7) is 3.88. The van der Waals surface area contributed by atoms with Crippen LogP contribution in [0.3, 0.4) is 0 Å². The second-order valence-corrected chi connectivity index (χ2v) is 4.21. The first-order valence-corrected chi connectivity index (χ1v) is 5.46. The summed E-state index contributed by atoms with van der Waals surface area (Å²) in [6.07, 6.45) is 0. The van der Waals surface area contributed by atoms with E-state index in [9.17, 15) is 0 Å². The summed E-state index contributed by atoms with van der Waals surface area (Å²) in [5.74, 6) is 0.709. The van der Waals surface area contributed by atoms with Crippen molar-refractivity contribution in [3.63, 3.8) is 0 Å². The Labute approximate surface area is 97.7 Å². The predicted molar refractivity (Wildman–Crippen MR) is 65.0 cm³/mol. The zero-order valence-electron chi connectivity index (χ0n) is 9.03. The highest BCUT2D eigenvalue weighted by Gasteiger charge is 2.11. The van der Waals surface area contributed by atoms with E-state index in [4.69, 9.17) is 11.6 Å². The topological polar surface area (TPSA) is 30.2 Å². The molecular formula is C12H10ClN3. The van der Waals surface area contributed by atoms with E-state index in [1.54, 1.807) is 0 Å². The van der Waals surface area contributed by atoms with Gasteiger partial charge in [0.15, 0.2) is 0 Å². The van der Waals surface area contributed by atoms with Gasteiger partial charge >= 0.3 is 0 Å². The van der Waals surface area contributed by atoms with E-state index < -0.39 is 0 Å². The zero-order chi connectivity index (χ0) is 11.3. The summed E-state index contributed by atoms with van der Waals surface area (Å²) in [6, 6.07) is 7.96. The minimum Gasteiger partial charge on any atom is -0.279 e. The molecule has 0 bridgehead atoms. The fourth-order valence-corrected chi connectivity index (χ4v) is 2.10. The van der Waals surface area contributed by atoms with Crippen LogP contribution in [-0.2, 0) is 0 Å². The van der Waals surface area contributed by atoms with E-state index in [2.05, 4.69) is 9.97 Å². The Balaban J connectivity index is 2.62. The first-order chi connectivity index (χ1) is 7.68. The van der Waals surface area contributed by atoms with Gasteiger partial charge in [0.05, 0.1) is 21.7 Å². The van der Waals surface area contributed by atoms with Crippen molar-refractivity contribution in [2.45, 2.75) is 13.8 Å². The minimum absolute atomic E-state index is 0.704. The number of hydrogen-bond acceptors (Lipinski definition) is 2. The quantitative estimate of drug-likeness (QED) is 0.595. The predicted octanol–water partition coefficient (Wildman–Crippen LogP) is 3.15. The lowest BCUT2D eigenvalue weighted by molar-refractivity contribution is 1.03. The van der Waals surface area contributed by atoms with E-state index in [1.165, 1.54) is 0 Å². The Bertz CT molecular complexity index is 700. The van der Waals surface area contributed by atoms with Crippen LogP contribution in [0.2, 0.25) is 5.02 Å². The number of rotatable bonds is 0.